The molecular weight excluding hydrogens is 220 g/mol. The summed E-state index contributed by atoms with van der Waals surface area (Å²) in [7, 11) is 0. The standard InChI is InChI=1S/C11H20N4O2/c1-3-11(2,5-9-16)13-10(17)4-7-15-8-6-12-14-15/h6,8,16H,3-5,7,9H2,1-2H3,(H,13,17). The number of hydrogen-bond acceptors (Lipinski definition) is 4. The van der Waals surface area contributed by atoms with Crippen molar-refractivity contribution in [2.45, 2.75) is 45.2 Å². The van der Waals surface area contributed by atoms with Gasteiger partial charge in [0.15, 0.2) is 0 Å². The first-order valence-corrected chi connectivity index (χ1v) is 5.85. The molecule has 0 aliphatic heterocycles. The summed E-state index contributed by atoms with van der Waals surface area (Å²) in [6, 6.07) is 0. The zero-order valence-corrected chi connectivity index (χ0v) is 10.4. The molecule has 1 rings (SSSR count). The van der Waals surface area contributed by atoms with E-state index in [2.05, 4.69) is 15.6 Å². The van der Waals surface area contributed by atoms with Crippen molar-refractivity contribution < 1.29 is 9.90 Å². The SMILES string of the molecule is CCC(C)(CCO)NC(=O)CCn1ccnn1. The minimum atomic E-state index is -0.325. The summed E-state index contributed by atoms with van der Waals surface area (Å²) in [6.45, 7) is 4.53. The van der Waals surface area contributed by atoms with Crippen molar-refractivity contribution in [1.29, 1.82) is 0 Å². The summed E-state index contributed by atoms with van der Waals surface area (Å²) >= 11 is 0. The van der Waals surface area contributed by atoms with E-state index in [1.165, 1.54) is 0 Å². The van der Waals surface area contributed by atoms with E-state index in [9.17, 15) is 4.79 Å². The van der Waals surface area contributed by atoms with E-state index in [0.717, 1.165) is 6.42 Å². The van der Waals surface area contributed by atoms with Gasteiger partial charge in [-0.1, -0.05) is 12.1 Å². The average Bonchev–Trinajstić information content (AvgIpc) is 2.79. The molecule has 0 fully saturated rings. The predicted molar refractivity (Wildman–Crippen MR) is 63.2 cm³/mol. The molecule has 6 nitrogen and oxygen atoms in total. The fraction of sp³-hybridized carbons (Fsp3) is 0.727. The predicted octanol–water partition coefficient (Wildman–Crippen LogP) is 0.335. The van der Waals surface area contributed by atoms with Crippen LogP contribution in [0.2, 0.25) is 0 Å². The van der Waals surface area contributed by atoms with Gasteiger partial charge in [0.05, 0.1) is 12.7 Å². The van der Waals surface area contributed by atoms with Crippen LogP contribution in [0.5, 0.6) is 0 Å². The van der Waals surface area contributed by atoms with Crippen LogP contribution in [0, 0.1) is 0 Å². The van der Waals surface area contributed by atoms with Gasteiger partial charge in [-0.05, 0) is 19.8 Å². The minimum absolute atomic E-state index is 0.0294. The van der Waals surface area contributed by atoms with Crippen LogP contribution in [0.25, 0.3) is 0 Å². The third kappa shape index (κ3) is 4.52. The van der Waals surface area contributed by atoms with Gasteiger partial charge in [0, 0.05) is 24.8 Å². The Morgan fingerprint density at radius 2 is 2.35 bits per heavy atom. The minimum Gasteiger partial charge on any atom is -0.396 e. The molecule has 1 unspecified atom stereocenters. The maximum Gasteiger partial charge on any atom is 0.222 e. The maximum absolute atomic E-state index is 11.7. The number of aromatic nitrogens is 3. The van der Waals surface area contributed by atoms with Crippen molar-refractivity contribution in [3.63, 3.8) is 0 Å². The van der Waals surface area contributed by atoms with Crippen LogP contribution >= 0.6 is 0 Å². The van der Waals surface area contributed by atoms with Crippen molar-refractivity contribution in [1.82, 2.24) is 20.3 Å². The van der Waals surface area contributed by atoms with Crippen LogP contribution in [0.4, 0.5) is 0 Å². The Bertz CT molecular complexity index is 339. The molecule has 1 amide bonds. The van der Waals surface area contributed by atoms with Crippen molar-refractivity contribution in [3.05, 3.63) is 12.4 Å². The number of aryl methyl sites for hydroxylation is 1. The lowest BCUT2D eigenvalue weighted by molar-refractivity contribution is -0.123. The molecule has 1 heterocycles. The van der Waals surface area contributed by atoms with Gasteiger partial charge in [-0.3, -0.25) is 9.48 Å². The highest BCUT2D eigenvalue weighted by atomic mass is 16.3. The lowest BCUT2D eigenvalue weighted by atomic mass is 9.95. The van der Waals surface area contributed by atoms with Gasteiger partial charge in [-0.15, -0.1) is 5.10 Å². The molecule has 17 heavy (non-hydrogen) atoms. The highest BCUT2D eigenvalue weighted by molar-refractivity contribution is 5.76. The quantitative estimate of drug-likeness (QED) is 0.720. The normalized spacial score (nSPS) is 14.3. The highest BCUT2D eigenvalue weighted by Crippen LogP contribution is 2.13. The largest absolute Gasteiger partial charge is 0.396 e. The summed E-state index contributed by atoms with van der Waals surface area (Å²) in [4.78, 5) is 11.7. The number of rotatable bonds is 7. The van der Waals surface area contributed by atoms with Crippen molar-refractivity contribution in [2.24, 2.45) is 0 Å². The molecule has 0 aliphatic carbocycles. The van der Waals surface area contributed by atoms with E-state index in [1.807, 2.05) is 13.8 Å². The molecule has 0 saturated heterocycles. The lowest BCUT2D eigenvalue weighted by Gasteiger charge is -2.29. The van der Waals surface area contributed by atoms with Crippen LogP contribution in [-0.2, 0) is 11.3 Å². The van der Waals surface area contributed by atoms with Crippen LogP contribution in [0.3, 0.4) is 0 Å². The fourth-order valence-electron chi connectivity index (χ4n) is 1.54. The second kappa shape index (κ2) is 6.34. The Labute approximate surface area is 101 Å². The van der Waals surface area contributed by atoms with Gasteiger partial charge in [0.2, 0.25) is 5.91 Å². The molecule has 1 aromatic rings. The lowest BCUT2D eigenvalue weighted by Crippen LogP contribution is -2.46. The number of aliphatic hydroxyl groups excluding tert-OH is 1. The monoisotopic (exact) mass is 240 g/mol. The van der Waals surface area contributed by atoms with E-state index in [-0.39, 0.29) is 18.1 Å². The molecule has 6 heteroatoms. The summed E-state index contributed by atoms with van der Waals surface area (Å²) < 4.78 is 1.62. The number of nitrogens with one attached hydrogen (secondary N) is 1. The van der Waals surface area contributed by atoms with E-state index < -0.39 is 0 Å². The summed E-state index contributed by atoms with van der Waals surface area (Å²) in [5.41, 5.74) is -0.325. The first kappa shape index (κ1) is 13.6. The number of carbonyl (C=O) groups is 1. The molecule has 1 aromatic heterocycles. The molecule has 0 aromatic carbocycles. The second-order valence-electron chi connectivity index (χ2n) is 4.35. The molecular formula is C11H20N4O2. The molecule has 0 saturated carbocycles. The zero-order chi connectivity index (χ0) is 12.7. The van der Waals surface area contributed by atoms with E-state index in [0.29, 0.717) is 19.4 Å². The Kier molecular flexibility index (Phi) is 5.09. The first-order chi connectivity index (χ1) is 8.09. The Morgan fingerprint density at radius 1 is 1.59 bits per heavy atom. The van der Waals surface area contributed by atoms with Crippen molar-refractivity contribution >= 4 is 5.91 Å². The van der Waals surface area contributed by atoms with Crippen LogP contribution in [0.15, 0.2) is 12.4 Å². The number of carbonyl (C=O) groups excluding carboxylic acids is 1. The van der Waals surface area contributed by atoms with E-state index in [4.69, 9.17) is 5.11 Å². The van der Waals surface area contributed by atoms with Gasteiger partial charge in [0.25, 0.3) is 0 Å². The van der Waals surface area contributed by atoms with Crippen LogP contribution < -0.4 is 5.32 Å². The Balaban J connectivity index is 2.37. The van der Waals surface area contributed by atoms with Crippen molar-refractivity contribution in [3.8, 4) is 0 Å². The number of aliphatic hydroxyl groups is 1. The second-order valence-corrected chi connectivity index (χ2v) is 4.35. The number of nitrogens with zero attached hydrogens (tertiary/aromatic N) is 3. The van der Waals surface area contributed by atoms with Gasteiger partial charge in [-0.25, -0.2) is 0 Å². The summed E-state index contributed by atoms with van der Waals surface area (Å²) in [5, 5.41) is 19.4. The molecule has 0 bridgehead atoms. The van der Waals surface area contributed by atoms with Crippen LogP contribution in [-0.4, -0.2) is 38.2 Å². The van der Waals surface area contributed by atoms with Crippen LogP contribution in [0.1, 0.15) is 33.1 Å². The Morgan fingerprint density at radius 3 is 2.88 bits per heavy atom. The smallest absolute Gasteiger partial charge is 0.222 e. The third-order valence-electron chi connectivity index (χ3n) is 2.93. The topological polar surface area (TPSA) is 80.0 Å². The molecule has 0 radical (unpaired) electrons. The summed E-state index contributed by atoms with van der Waals surface area (Å²) in [6.07, 6.45) is 5.03. The molecule has 2 N–H and O–H groups in total. The van der Waals surface area contributed by atoms with Gasteiger partial charge < -0.3 is 10.4 Å². The first-order valence-electron chi connectivity index (χ1n) is 5.85. The zero-order valence-electron chi connectivity index (χ0n) is 10.4. The van der Waals surface area contributed by atoms with Gasteiger partial charge in [-0.2, -0.15) is 0 Å². The van der Waals surface area contributed by atoms with Gasteiger partial charge >= 0.3 is 0 Å². The average molecular weight is 240 g/mol. The number of amides is 1. The molecule has 0 spiro atoms. The maximum atomic E-state index is 11.7. The van der Waals surface area contributed by atoms with Gasteiger partial charge in [0.1, 0.15) is 0 Å². The Hall–Kier alpha value is -1.43. The number of hydrogen-bond donors (Lipinski definition) is 2. The molecule has 0 aliphatic rings. The summed E-state index contributed by atoms with van der Waals surface area (Å²) in [5.74, 6) is -0.0294. The van der Waals surface area contributed by atoms with Crippen molar-refractivity contribution in [2.75, 3.05) is 6.61 Å². The fourth-order valence-corrected chi connectivity index (χ4v) is 1.54. The molecule has 96 valence electrons. The third-order valence-corrected chi connectivity index (χ3v) is 2.93. The van der Waals surface area contributed by atoms with E-state index >= 15 is 0 Å². The highest BCUT2D eigenvalue weighted by Gasteiger charge is 2.23. The van der Waals surface area contributed by atoms with E-state index in [1.54, 1.807) is 17.1 Å². The molecule has 1 atom stereocenters.